The van der Waals surface area contributed by atoms with Crippen LogP contribution in [-0.2, 0) is 19.3 Å². The SMILES string of the molecule is CC1CNCC1CN1CCn2c(nnc2C(F)(F)F)C1. The molecule has 3 heterocycles. The van der Waals surface area contributed by atoms with Crippen LogP contribution in [0, 0.1) is 11.8 Å². The van der Waals surface area contributed by atoms with Gasteiger partial charge in [0.1, 0.15) is 5.82 Å². The molecule has 0 aliphatic carbocycles. The van der Waals surface area contributed by atoms with Gasteiger partial charge in [-0.2, -0.15) is 13.2 Å². The number of nitrogens with zero attached hydrogens (tertiary/aromatic N) is 4. The van der Waals surface area contributed by atoms with E-state index in [1.54, 1.807) is 0 Å². The van der Waals surface area contributed by atoms with Gasteiger partial charge >= 0.3 is 6.18 Å². The minimum Gasteiger partial charge on any atom is -0.316 e. The van der Waals surface area contributed by atoms with Gasteiger partial charge in [0, 0.05) is 19.6 Å². The highest BCUT2D eigenvalue weighted by molar-refractivity contribution is 5.02. The molecule has 0 spiro atoms. The van der Waals surface area contributed by atoms with Crippen molar-refractivity contribution in [3.8, 4) is 0 Å². The topological polar surface area (TPSA) is 46.0 Å². The minimum absolute atomic E-state index is 0.311. The molecule has 2 aliphatic rings. The highest BCUT2D eigenvalue weighted by atomic mass is 19.4. The van der Waals surface area contributed by atoms with Crippen molar-refractivity contribution in [2.75, 3.05) is 26.2 Å². The number of hydrogen-bond acceptors (Lipinski definition) is 4. The van der Waals surface area contributed by atoms with Gasteiger partial charge in [0.15, 0.2) is 0 Å². The van der Waals surface area contributed by atoms with Gasteiger partial charge in [-0.25, -0.2) is 0 Å². The Labute approximate surface area is 115 Å². The van der Waals surface area contributed by atoms with E-state index in [0.717, 1.165) is 19.6 Å². The van der Waals surface area contributed by atoms with Crippen LogP contribution in [0.4, 0.5) is 13.2 Å². The lowest BCUT2D eigenvalue weighted by molar-refractivity contribution is -0.148. The highest BCUT2D eigenvalue weighted by Gasteiger charge is 2.39. The van der Waals surface area contributed by atoms with Crippen LogP contribution in [-0.4, -0.2) is 45.8 Å². The van der Waals surface area contributed by atoms with Gasteiger partial charge in [0.05, 0.1) is 6.54 Å². The third kappa shape index (κ3) is 2.54. The van der Waals surface area contributed by atoms with E-state index in [1.807, 2.05) is 0 Å². The first kappa shape index (κ1) is 13.8. The molecule has 0 amide bonds. The van der Waals surface area contributed by atoms with Gasteiger partial charge in [-0.3, -0.25) is 4.90 Å². The third-order valence-corrected chi connectivity index (χ3v) is 4.26. The molecule has 0 radical (unpaired) electrons. The lowest BCUT2D eigenvalue weighted by Crippen LogP contribution is -2.39. The van der Waals surface area contributed by atoms with Crippen molar-refractivity contribution in [1.82, 2.24) is 25.0 Å². The predicted molar refractivity (Wildman–Crippen MR) is 65.8 cm³/mol. The van der Waals surface area contributed by atoms with Crippen LogP contribution in [0.5, 0.6) is 0 Å². The molecule has 3 rings (SSSR count). The van der Waals surface area contributed by atoms with Crippen LogP contribution in [0.15, 0.2) is 0 Å². The molecule has 2 unspecified atom stereocenters. The van der Waals surface area contributed by atoms with Crippen LogP contribution in [0.2, 0.25) is 0 Å². The van der Waals surface area contributed by atoms with Gasteiger partial charge in [0.25, 0.3) is 0 Å². The van der Waals surface area contributed by atoms with Crippen molar-refractivity contribution in [1.29, 1.82) is 0 Å². The predicted octanol–water partition coefficient (Wildman–Crippen LogP) is 0.968. The van der Waals surface area contributed by atoms with E-state index in [0.29, 0.717) is 37.3 Å². The highest BCUT2D eigenvalue weighted by Crippen LogP contribution is 2.29. The zero-order valence-corrected chi connectivity index (χ0v) is 11.3. The molecule has 8 heteroatoms. The van der Waals surface area contributed by atoms with E-state index in [9.17, 15) is 13.2 Å². The van der Waals surface area contributed by atoms with E-state index in [2.05, 4.69) is 27.3 Å². The van der Waals surface area contributed by atoms with Crippen molar-refractivity contribution in [2.45, 2.75) is 26.2 Å². The first-order chi connectivity index (χ1) is 9.45. The summed E-state index contributed by atoms with van der Waals surface area (Å²) in [6.07, 6.45) is -4.42. The smallest absolute Gasteiger partial charge is 0.316 e. The van der Waals surface area contributed by atoms with Gasteiger partial charge in [-0.1, -0.05) is 6.92 Å². The molecule has 1 N–H and O–H groups in total. The number of nitrogens with one attached hydrogen (secondary N) is 1. The zero-order valence-electron chi connectivity index (χ0n) is 11.3. The average Bonchev–Trinajstić information content (AvgIpc) is 2.95. The summed E-state index contributed by atoms with van der Waals surface area (Å²) in [7, 11) is 0. The van der Waals surface area contributed by atoms with E-state index >= 15 is 0 Å². The second-order valence-corrected chi connectivity index (χ2v) is 5.72. The summed E-state index contributed by atoms with van der Waals surface area (Å²) in [6.45, 7) is 6.50. The normalized spacial score (nSPS) is 27.8. The van der Waals surface area contributed by atoms with Gasteiger partial charge in [-0.05, 0) is 24.9 Å². The first-order valence-corrected chi connectivity index (χ1v) is 6.87. The molecule has 1 aromatic heterocycles. The summed E-state index contributed by atoms with van der Waals surface area (Å²) >= 11 is 0. The number of halogens is 3. The molecule has 20 heavy (non-hydrogen) atoms. The Morgan fingerprint density at radius 3 is 2.70 bits per heavy atom. The summed E-state index contributed by atoms with van der Waals surface area (Å²) in [4.78, 5) is 2.18. The summed E-state index contributed by atoms with van der Waals surface area (Å²) < 4.78 is 39.4. The average molecular weight is 289 g/mol. The fourth-order valence-corrected chi connectivity index (χ4v) is 3.01. The van der Waals surface area contributed by atoms with E-state index in [1.165, 1.54) is 4.57 Å². The maximum atomic E-state index is 12.7. The maximum Gasteiger partial charge on any atom is 0.451 e. The molecule has 1 aromatic rings. The fourth-order valence-electron chi connectivity index (χ4n) is 3.01. The van der Waals surface area contributed by atoms with Crippen molar-refractivity contribution in [3.63, 3.8) is 0 Å². The van der Waals surface area contributed by atoms with Crippen molar-refractivity contribution >= 4 is 0 Å². The number of hydrogen-bond donors (Lipinski definition) is 1. The van der Waals surface area contributed by atoms with Gasteiger partial charge in [-0.15, -0.1) is 10.2 Å². The monoisotopic (exact) mass is 289 g/mol. The van der Waals surface area contributed by atoms with E-state index in [4.69, 9.17) is 0 Å². The van der Waals surface area contributed by atoms with Crippen LogP contribution < -0.4 is 5.32 Å². The third-order valence-electron chi connectivity index (χ3n) is 4.26. The van der Waals surface area contributed by atoms with E-state index in [-0.39, 0.29) is 0 Å². The Balaban J connectivity index is 1.69. The van der Waals surface area contributed by atoms with Crippen LogP contribution >= 0.6 is 0 Å². The minimum atomic E-state index is -4.42. The Bertz CT molecular complexity index is 484. The molecule has 5 nitrogen and oxygen atoms in total. The zero-order chi connectivity index (χ0) is 14.3. The van der Waals surface area contributed by atoms with Gasteiger partial charge in [0.2, 0.25) is 5.82 Å². The van der Waals surface area contributed by atoms with Crippen molar-refractivity contribution in [2.24, 2.45) is 11.8 Å². The Morgan fingerprint density at radius 1 is 1.25 bits per heavy atom. The number of rotatable bonds is 2. The summed E-state index contributed by atoms with van der Waals surface area (Å²) in [6, 6.07) is 0. The molecule has 1 fully saturated rings. The molecular weight excluding hydrogens is 271 g/mol. The van der Waals surface area contributed by atoms with Crippen molar-refractivity contribution < 1.29 is 13.2 Å². The van der Waals surface area contributed by atoms with Crippen LogP contribution in [0.3, 0.4) is 0 Å². The maximum absolute atomic E-state index is 12.7. The molecule has 0 aromatic carbocycles. The van der Waals surface area contributed by atoms with Crippen LogP contribution in [0.25, 0.3) is 0 Å². The van der Waals surface area contributed by atoms with Gasteiger partial charge < -0.3 is 9.88 Å². The Morgan fingerprint density at radius 2 is 2.05 bits per heavy atom. The molecule has 0 bridgehead atoms. The molecule has 2 aliphatic heterocycles. The summed E-state index contributed by atoms with van der Waals surface area (Å²) in [5, 5.41) is 10.3. The molecule has 112 valence electrons. The van der Waals surface area contributed by atoms with E-state index < -0.39 is 12.0 Å². The second kappa shape index (κ2) is 5.00. The quantitative estimate of drug-likeness (QED) is 0.881. The largest absolute Gasteiger partial charge is 0.451 e. The summed E-state index contributed by atoms with van der Waals surface area (Å²) in [5.41, 5.74) is 0. The summed E-state index contributed by atoms with van der Waals surface area (Å²) in [5.74, 6) is 0.720. The lowest BCUT2D eigenvalue weighted by atomic mass is 9.97. The van der Waals surface area contributed by atoms with Crippen LogP contribution in [0.1, 0.15) is 18.6 Å². The molecule has 1 saturated heterocycles. The number of fused-ring (bicyclic) bond motifs is 1. The number of alkyl halides is 3. The Hall–Kier alpha value is -1.15. The number of aromatic nitrogens is 3. The first-order valence-electron chi connectivity index (χ1n) is 6.87. The molecular formula is C12H18F3N5. The second-order valence-electron chi connectivity index (χ2n) is 5.72. The fraction of sp³-hybridized carbons (Fsp3) is 0.833. The lowest BCUT2D eigenvalue weighted by Gasteiger charge is -2.30. The van der Waals surface area contributed by atoms with Crippen molar-refractivity contribution in [3.05, 3.63) is 11.6 Å². The standard InChI is InChI=1S/C12H18F3N5/c1-8-4-16-5-9(8)6-19-2-3-20-10(7-19)17-18-11(20)12(13,14)15/h8-9,16H,2-7H2,1H3. The Kier molecular flexibility index (Phi) is 3.45. The molecule has 2 atom stereocenters. The molecule has 0 saturated carbocycles.